The van der Waals surface area contributed by atoms with Crippen molar-refractivity contribution in [2.24, 2.45) is 0 Å². The van der Waals surface area contributed by atoms with Crippen LogP contribution in [0.3, 0.4) is 0 Å². The third kappa shape index (κ3) is 3.18. The summed E-state index contributed by atoms with van der Waals surface area (Å²) in [6, 6.07) is 4.60. The second kappa shape index (κ2) is 5.77. The molecule has 4 nitrogen and oxygen atoms in total. The van der Waals surface area contributed by atoms with Crippen LogP contribution in [0.4, 0.5) is 0 Å². The van der Waals surface area contributed by atoms with E-state index < -0.39 is 0 Å². The van der Waals surface area contributed by atoms with Gasteiger partial charge in [0.15, 0.2) is 0 Å². The van der Waals surface area contributed by atoms with E-state index in [1.807, 2.05) is 30.7 Å². The summed E-state index contributed by atoms with van der Waals surface area (Å²) in [7, 11) is 0. The van der Waals surface area contributed by atoms with Crippen molar-refractivity contribution in [3.05, 3.63) is 35.6 Å². The minimum atomic E-state index is 0.585. The topological polar surface area (TPSA) is 41.1 Å². The lowest BCUT2D eigenvalue weighted by Gasteiger charge is -2.31. The Balaban J connectivity index is 1.68. The zero-order valence-corrected chi connectivity index (χ0v) is 11.9. The zero-order valence-electron chi connectivity index (χ0n) is 11.0. The fourth-order valence-electron chi connectivity index (χ4n) is 2.38. The highest BCUT2D eigenvalue weighted by molar-refractivity contribution is 7.15. The molecule has 0 unspecified atom stereocenters. The van der Waals surface area contributed by atoms with Crippen molar-refractivity contribution >= 4 is 11.3 Å². The molecule has 0 aliphatic carbocycles. The molecule has 3 rings (SSSR count). The number of pyridine rings is 1. The summed E-state index contributed by atoms with van der Waals surface area (Å²) in [5, 5.41) is 4.55. The number of hydrogen-bond acceptors (Lipinski definition) is 5. The molecule has 2 aromatic heterocycles. The molecule has 100 valence electrons. The van der Waals surface area contributed by atoms with Crippen LogP contribution in [0.2, 0.25) is 0 Å². The highest BCUT2D eigenvalue weighted by atomic mass is 32.1. The lowest BCUT2D eigenvalue weighted by Crippen LogP contribution is -2.48. The summed E-state index contributed by atoms with van der Waals surface area (Å²) in [5.41, 5.74) is 1.15. The molecule has 0 bridgehead atoms. The van der Waals surface area contributed by atoms with E-state index in [1.54, 1.807) is 11.3 Å². The largest absolute Gasteiger partial charge is 0.312 e. The van der Waals surface area contributed by atoms with Crippen molar-refractivity contribution < 1.29 is 0 Å². The van der Waals surface area contributed by atoms with Gasteiger partial charge in [0, 0.05) is 61.3 Å². The van der Waals surface area contributed by atoms with E-state index in [1.165, 1.54) is 4.88 Å². The Morgan fingerprint density at radius 3 is 3.05 bits per heavy atom. The van der Waals surface area contributed by atoms with Crippen LogP contribution in [0.25, 0.3) is 10.6 Å². The van der Waals surface area contributed by atoms with Crippen molar-refractivity contribution in [1.29, 1.82) is 0 Å². The number of aromatic nitrogens is 2. The van der Waals surface area contributed by atoms with E-state index in [2.05, 4.69) is 27.1 Å². The number of hydrogen-bond donors (Lipinski definition) is 1. The minimum absolute atomic E-state index is 0.585. The normalized spacial score (nSPS) is 20.6. The van der Waals surface area contributed by atoms with Crippen LogP contribution in [0.5, 0.6) is 0 Å². The first-order valence-corrected chi connectivity index (χ1v) is 7.44. The van der Waals surface area contributed by atoms with E-state index in [0.29, 0.717) is 6.04 Å². The molecule has 1 N–H and O–H groups in total. The third-order valence-corrected chi connectivity index (χ3v) is 4.34. The van der Waals surface area contributed by atoms with Crippen LogP contribution < -0.4 is 5.32 Å². The predicted molar refractivity (Wildman–Crippen MR) is 78.1 cm³/mol. The Bertz CT molecular complexity index is 525. The summed E-state index contributed by atoms with van der Waals surface area (Å²) >= 11 is 1.78. The molecule has 19 heavy (non-hydrogen) atoms. The van der Waals surface area contributed by atoms with Gasteiger partial charge in [-0.3, -0.25) is 9.88 Å². The number of nitrogens with one attached hydrogen (secondary N) is 1. The average Bonchev–Trinajstić information content (AvgIpc) is 2.88. The molecule has 3 heterocycles. The molecule has 1 atom stereocenters. The van der Waals surface area contributed by atoms with Crippen LogP contribution in [0, 0.1) is 0 Å². The molecule has 5 heteroatoms. The van der Waals surface area contributed by atoms with Crippen molar-refractivity contribution in [3.63, 3.8) is 0 Å². The first-order chi connectivity index (χ1) is 9.31. The number of thiazole rings is 1. The lowest BCUT2D eigenvalue weighted by atomic mass is 10.2. The number of nitrogens with zero attached hydrogens (tertiary/aromatic N) is 3. The molecule has 2 aromatic rings. The second-order valence-corrected chi connectivity index (χ2v) is 6.07. The van der Waals surface area contributed by atoms with E-state index in [9.17, 15) is 0 Å². The summed E-state index contributed by atoms with van der Waals surface area (Å²) in [5.74, 6) is 0. The van der Waals surface area contributed by atoms with Gasteiger partial charge >= 0.3 is 0 Å². The first kappa shape index (κ1) is 12.7. The fourth-order valence-corrected chi connectivity index (χ4v) is 3.34. The average molecular weight is 274 g/mol. The highest BCUT2D eigenvalue weighted by Gasteiger charge is 2.16. The van der Waals surface area contributed by atoms with Crippen LogP contribution in [-0.2, 0) is 6.54 Å². The summed E-state index contributed by atoms with van der Waals surface area (Å²) in [4.78, 5) is 12.4. The van der Waals surface area contributed by atoms with Gasteiger partial charge in [-0.15, -0.1) is 11.3 Å². The number of piperazine rings is 1. The third-order valence-electron chi connectivity index (χ3n) is 3.31. The maximum atomic E-state index is 4.52. The standard InChI is InChI=1S/C14H18N4S/c1-11-9-18(7-6-16-11)10-13-8-17-14(19-13)12-2-4-15-5-3-12/h2-5,8,11,16H,6-7,9-10H2,1H3/t11-/m0/s1. The van der Waals surface area contributed by atoms with E-state index in [0.717, 1.165) is 36.8 Å². The highest BCUT2D eigenvalue weighted by Crippen LogP contribution is 2.25. The van der Waals surface area contributed by atoms with Crippen molar-refractivity contribution in [1.82, 2.24) is 20.2 Å². The quantitative estimate of drug-likeness (QED) is 0.929. The SMILES string of the molecule is C[C@H]1CN(Cc2cnc(-c3ccncc3)s2)CCN1. The Morgan fingerprint density at radius 1 is 1.42 bits per heavy atom. The van der Waals surface area contributed by atoms with Gasteiger partial charge in [0.05, 0.1) is 0 Å². The lowest BCUT2D eigenvalue weighted by molar-refractivity contribution is 0.201. The van der Waals surface area contributed by atoms with Gasteiger partial charge in [-0.2, -0.15) is 0 Å². The van der Waals surface area contributed by atoms with Gasteiger partial charge in [0.1, 0.15) is 5.01 Å². The van der Waals surface area contributed by atoms with Crippen LogP contribution in [0.15, 0.2) is 30.7 Å². The molecule has 0 saturated carbocycles. The minimum Gasteiger partial charge on any atom is -0.312 e. The van der Waals surface area contributed by atoms with E-state index in [-0.39, 0.29) is 0 Å². The van der Waals surface area contributed by atoms with Crippen molar-refractivity contribution in [3.8, 4) is 10.6 Å². The van der Waals surface area contributed by atoms with Gasteiger partial charge in [0.25, 0.3) is 0 Å². The maximum Gasteiger partial charge on any atom is 0.123 e. The fraction of sp³-hybridized carbons (Fsp3) is 0.429. The monoisotopic (exact) mass is 274 g/mol. The van der Waals surface area contributed by atoms with Crippen LogP contribution in [0.1, 0.15) is 11.8 Å². The molecular weight excluding hydrogens is 256 g/mol. The van der Waals surface area contributed by atoms with Crippen LogP contribution in [-0.4, -0.2) is 40.5 Å². The Kier molecular flexibility index (Phi) is 3.87. The summed E-state index contributed by atoms with van der Waals surface area (Å²) in [6.45, 7) is 6.56. The zero-order chi connectivity index (χ0) is 13.1. The van der Waals surface area contributed by atoms with E-state index in [4.69, 9.17) is 0 Å². The molecule has 0 aromatic carbocycles. The van der Waals surface area contributed by atoms with Gasteiger partial charge < -0.3 is 5.32 Å². The summed E-state index contributed by atoms with van der Waals surface area (Å²) in [6.07, 6.45) is 5.63. The molecule has 1 saturated heterocycles. The van der Waals surface area contributed by atoms with Crippen molar-refractivity contribution in [2.45, 2.75) is 19.5 Å². The molecule has 1 fully saturated rings. The molecule has 1 aliphatic heterocycles. The van der Waals surface area contributed by atoms with Crippen LogP contribution >= 0.6 is 11.3 Å². The summed E-state index contributed by atoms with van der Waals surface area (Å²) < 4.78 is 0. The van der Waals surface area contributed by atoms with E-state index >= 15 is 0 Å². The first-order valence-electron chi connectivity index (χ1n) is 6.62. The van der Waals surface area contributed by atoms with Crippen molar-refractivity contribution in [2.75, 3.05) is 19.6 Å². The van der Waals surface area contributed by atoms with Gasteiger partial charge in [-0.1, -0.05) is 0 Å². The smallest absolute Gasteiger partial charge is 0.123 e. The molecule has 0 spiro atoms. The molecule has 1 aliphatic rings. The number of rotatable bonds is 3. The second-order valence-electron chi connectivity index (χ2n) is 4.96. The molecule has 0 amide bonds. The van der Waals surface area contributed by atoms with Gasteiger partial charge in [0.2, 0.25) is 0 Å². The van der Waals surface area contributed by atoms with Gasteiger partial charge in [-0.05, 0) is 19.1 Å². The maximum absolute atomic E-state index is 4.52. The Labute approximate surface area is 117 Å². The molecular formula is C14H18N4S. The Morgan fingerprint density at radius 2 is 2.26 bits per heavy atom. The Hall–Kier alpha value is -1.30. The predicted octanol–water partition coefficient (Wildman–Crippen LogP) is 2.00. The molecule has 0 radical (unpaired) electrons. The van der Waals surface area contributed by atoms with Gasteiger partial charge in [-0.25, -0.2) is 4.98 Å².